The zero-order valence-electron chi connectivity index (χ0n) is 15.0. The van der Waals surface area contributed by atoms with E-state index < -0.39 is 4.92 Å². The number of nitro benzene ring substituents is 1. The molecule has 0 aliphatic rings. The van der Waals surface area contributed by atoms with E-state index >= 15 is 0 Å². The number of carbonyl (C=O) groups is 1. The van der Waals surface area contributed by atoms with E-state index in [-0.39, 0.29) is 11.6 Å². The molecule has 7 heteroatoms. The maximum absolute atomic E-state index is 12.1. The van der Waals surface area contributed by atoms with E-state index in [2.05, 4.69) is 10.4 Å². The van der Waals surface area contributed by atoms with Gasteiger partial charge in [0.15, 0.2) is 0 Å². The first-order valence-corrected chi connectivity index (χ1v) is 8.68. The van der Waals surface area contributed by atoms with E-state index in [9.17, 15) is 14.9 Å². The number of para-hydroxylation sites is 1. The molecule has 1 heterocycles. The van der Waals surface area contributed by atoms with Crippen molar-refractivity contribution in [1.82, 2.24) is 15.1 Å². The molecule has 0 saturated heterocycles. The van der Waals surface area contributed by atoms with Crippen LogP contribution in [0, 0.1) is 17.0 Å². The minimum absolute atomic E-state index is 0.0301. The first-order chi connectivity index (χ1) is 13.0. The van der Waals surface area contributed by atoms with Gasteiger partial charge in [0.2, 0.25) is 0 Å². The van der Waals surface area contributed by atoms with Gasteiger partial charge in [-0.15, -0.1) is 0 Å². The summed E-state index contributed by atoms with van der Waals surface area (Å²) in [7, 11) is 0. The lowest BCUT2D eigenvalue weighted by Crippen LogP contribution is -2.24. The number of aromatic nitrogens is 2. The number of aryl methyl sites for hydroxylation is 2. The number of rotatable bonds is 7. The first kappa shape index (κ1) is 18.3. The number of carbonyl (C=O) groups excluding carboxylic acids is 1. The fourth-order valence-corrected chi connectivity index (χ4v) is 2.77. The van der Waals surface area contributed by atoms with Crippen LogP contribution < -0.4 is 5.32 Å². The Bertz CT molecular complexity index is 934. The van der Waals surface area contributed by atoms with Crippen LogP contribution in [0.5, 0.6) is 0 Å². The van der Waals surface area contributed by atoms with Gasteiger partial charge in [-0.1, -0.05) is 18.2 Å². The van der Waals surface area contributed by atoms with Crippen LogP contribution in [0.15, 0.2) is 60.8 Å². The van der Waals surface area contributed by atoms with Crippen LogP contribution in [-0.2, 0) is 6.42 Å². The quantitative estimate of drug-likeness (QED) is 0.395. The molecule has 0 aliphatic heterocycles. The summed E-state index contributed by atoms with van der Waals surface area (Å²) < 4.78 is 1.86. The summed E-state index contributed by atoms with van der Waals surface area (Å²) in [5, 5.41) is 18.0. The third-order valence-electron chi connectivity index (χ3n) is 4.27. The molecule has 0 spiro atoms. The highest BCUT2D eigenvalue weighted by Gasteiger charge is 2.10. The lowest BCUT2D eigenvalue weighted by Gasteiger charge is -2.05. The van der Waals surface area contributed by atoms with Gasteiger partial charge in [-0.3, -0.25) is 14.9 Å². The number of non-ortho nitro benzene ring substituents is 1. The molecule has 0 saturated carbocycles. The van der Waals surface area contributed by atoms with Gasteiger partial charge >= 0.3 is 0 Å². The van der Waals surface area contributed by atoms with Crippen LogP contribution in [-0.4, -0.2) is 27.2 Å². The van der Waals surface area contributed by atoms with Crippen molar-refractivity contribution in [3.63, 3.8) is 0 Å². The molecule has 27 heavy (non-hydrogen) atoms. The predicted molar refractivity (Wildman–Crippen MR) is 102 cm³/mol. The molecule has 1 amide bonds. The van der Waals surface area contributed by atoms with Crippen molar-refractivity contribution in [3.8, 4) is 5.69 Å². The number of benzene rings is 2. The summed E-state index contributed by atoms with van der Waals surface area (Å²) in [5.74, 6) is -0.235. The van der Waals surface area contributed by atoms with Crippen molar-refractivity contribution >= 4 is 11.6 Å². The summed E-state index contributed by atoms with van der Waals surface area (Å²) in [6.07, 6.45) is 3.60. The maximum atomic E-state index is 12.1. The number of nitrogens with zero attached hydrogens (tertiary/aromatic N) is 3. The highest BCUT2D eigenvalue weighted by molar-refractivity contribution is 5.94. The van der Waals surface area contributed by atoms with E-state index in [1.807, 2.05) is 48.1 Å². The van der Waals surface area contributed by atoms with E-state index in [0.717, 1.165) is 29.8 Å². The average molecular weight is 364 g/mol. The highest BCUT2D eigenvalue weighted by Crippen LogP contribution is 2.14. The van der Waals surface area contributed by atoms with Crippen molar-refractivity contribution in [2.24, 2.45) is 0 Å². The lowest BCUT2D eigenvalue weighted by molar-refractivity contribution is -0.384. The Balaban J connectivity index is 1.51. The molecule has 3 rings (SSSR count). The van der Waals surface area contributed by atoms with Crippen molar-refractivity contribution in [2.45, 2.75) is 19.8 Å². The van der Waals surface area contributed by atoms with E-state index in [1.54, 1.807) is 0 Å². The molecule has 0 atom stereocenters. The van der Waals surface area contributed by atoms with Crippen LogP contribution >= 0.6 is 0 Å². The molecular formula is C20H20N4O3. The number of hydrogen-bond donors (Lipinski definition) is 1. The fourth-order valence-electron chi connectivity index (χ4n) is 2.77. The number of nitrogens with one attached hydrogen (secondary N) is 1. The topological polar surface area (TPSA) is 90.1 Å². The monoisotopic (exact) mass is 364 g/mol. The van der Waals surface area contributed by atoms with Crippen molar-refractivity contribution in [3.05, 3.63) is 87.7 Å². The van der Waals surface area contributed by atoms with E-state index in [1.165, 1.54) is 24.3 Å². The zero-order chi connectivity index (χ0) is 19.2. The van der Waals surface area contributed by atoms with Gasteiger partial charge in [-0.05, 0) is 49.6 Å². The first-order valence-electron chi connectivity index (χ1n) is 8.68. The number of hydrogen-bond acceptors (Lipinski definition) is 4. The molecule has 1 N–H and O–H groups in total. The van der Waals surface area contributed by atoms with Gasteiger partial charge in [0.05, 0.1) is 16.3 Å². The van der Waals surface area contributed by atoms with Gasteiger partial charge < -0.3 is 5.32 Å². The van der Waals surface area contributed by atoms with Crippen molar-refractivity contribution in [2.75, 3.05) is 6.54 Å². The van der Waals surface area contributed by atoms with Gasteiger partial charge in [-0.25, -0.2) is 4.68 Å². The minimum atomic E-state index is -0.486. The standard InChI is InChI=1S/C20H20N4O3/c1-15-17(14-23(22-15)18-7-3-2-4-8-18)6-5-13-21-20(25)16-9-11-19(12-10-16)24(26)27/h2-4,7-12,14H,5-6,13H2,1H3,(H,21,25). The second-order valence-electron chi connectivity index (χ2n) is 6.18. The molecule has 0 bridgehead atoms. The zero-order valence-corrected chi connectivity index (χ0v) is 15.0. The second kappa shape index (κ2) is 8.27. The Kier molecular flexibility index (Phi) is 5.61. The van der Waals surface area contributed by atoms with Crippen molar-refractivity contribution in [1.29, 1.82) is 0 Å². The van der Waals surface area contributed by atoms with Crippen LogP contribution in [0.3, 0.4) is 0 Å². The molecule has 7 nitrogen and oxygen atoms in total. The van der Waals surface area contributed by atoms with Crippen LogP contribution in [0.1, 0.15) is 28.0 Å². The second-order valence-corrected chi connectivity index (χ2v) is 6.18. The van der Waals surface area contributed by atoms with Gasteiger partial charge in [-0.2, -0.15) is 5.10 Å². The molecule has 0 radical (unpaired) electrons. The average Bonchev–Trinajstić information content (AvgIpc) is 3.06. The molecule has 2 aromatic carbocycles. The SMILES string of the molecule is Cc1nn(-c2ccccc2)cc1CCCNC(=O)c1ccc([N+](=O)[O-])cc1. The van der Waals surface area contributed by atoms with Crippen LogP contribution in [0.4, 0.5) is 5.69 Å². The molecular weight excluding hydrogens is 344 g/mol. The highest BCUT2D eigenvalue weighted by atomic mass is 16.6. The minimum Gasteiger partial charge on any atom is -0.352 e. The van der Waals surface area contributed by atoms with E-state index in [0.29, 0.717) is 12.1 Å². The third kappa shape index (κ3) is 4.58. The fraction of sp³-hybridized carbons (Fsp3) is 0.200. The number of amides is 1. The largest absolute Gasteiger partial charge is 0.352 e. The smallest absolute Gasteiger partial charge is 0.269 e. The van der Waals surface area contributed by atoms with Gasteiger partial charge in [0.25, 0.3) is 11.6 Å². The lowest BCUT2D eigenvalue weighted by atomic mass is 10.1. The predicted octanol–water partition coefficient (Wildman–Crippen LogP) is 3.45. The molecule has 3 aromatic rings. The summed E-state index contributed by atoms with van der Waals surface area (Å²) in [6, 6.07) is 15.5. The molecule has 0 fully saturated rings. The third-order valence-corrected chi connectivity index (χ3v) is 4.27. The Hall–Kier alpha value is -3.48. The summed E-state index contributed by atoms with van der Waals surface area (Å²) in [6.45, 7) is 2.50. The van der Waals surface area contributed by atoms with Gasteiger partial charge in [0, 0.05) is 30.4 Å². The number of nitro groups is 1. The van der Waals surface area contributed by atoms with E-state index in [4.69, 9.17) is 0 Å². The maximum Gasteiger partial charge on any atom is 0.269 e. The summed E-state index contributed by atoms with van der Waals surface area (Å²) in [5.41, 5.74) is 3.51. The Morgan fingerprint density at radius 2 is 1.85 bits per heavy atom. The normalized spacial score (nSPS) is 10.6. The summed E-state index contributed by atoms with van der Waals surface area (Å²) >= 11 is 0. The van der Waals surface area contributed by atoms with Gasteiger partial charge in [0.1, 0.15) is 0 Å². The summed E-state index contributed by atoms with van der Waals surface area (Å²) in [4.78, 5) is 22.3. The molecule has 138 valence electrons. The molecule has 0 aliphatic carbocycles. The molecule has 0 unspecified atom stereocenters. The Morgan fingerprint density at radius 1 is 1.15 bits per heavy atom. The van der Waals surface area contributed by atoms with Crippen molar-refractivity contribution < 1.29 is 9.72 Å². The van der Waals surface area contributed by atoms with Crippen LogP contribution in [0.2, 0.25) is 0 Å². The molecule has 1 aromatic heterocycles. The van der Waals surface area contributed by atoms with Crippen LogP contribution in [0.25, 0.3) is 5.69 Å². The Morgan fingerprint density at radius 3 is 2.52 bits per heavy atom. The Labute approximate surface area is 156 Å².